The van der Waals surface area contributed by atoms with Crippen LogP contribution in [0.1, 0.15) is 36.2 Å². The van der Waals surface area contributed by atoms with Gasteiger partial charge in [0, 0.05) is 13.1 Å². The lowest BCUT2D eigenvalue weighted by Gasteiger charge is -2.27. The van der Waals surface area contributed by atoms with Crippen molar-refractivity contribution in [3.05, 3.63) is 41.7 Å². The summed E-state index contributed by atoms with van der Waals surface area (Å²) in [4.78, 5) is 24.1. The van der Waals surface area contributed by atoms with E-state index in [4.69, 9.17) is 15.0 Å². The summed E-state index contributed by atoms with van der Waals surface area (Å²) >= 11 is 0. The van der Waals surface area contributed by atoms with Gasteiger partial charge in [0.05, 0.1) is 29.5 Å². The Hall–Kier alpha value is -4.09. The average Bonchev–Trinajstić information content (AvgIpc) is 3.50. The molecule has 0 saturated carbocycles. The Labute approximate surface area is 206 Å². The molecule has 0 spiro atoms. The monoisotopic (exact) mass is 494 g/mol. The lowest BCUT2D eigenvalue weighted by molar-refractivity contribution is 0.436. The lowest BCUT2D eigenvalue weighted by atomic mass is 10.1. The number of piperidine rings is 1. The van der Waals surface area contributed by atoms with Crippen LogP contribution in [-0.4, -0.2) is 55.6 Å². The highest BCUT2D eigenvalue weighted by molar-refractivity contribution is 6.04. The Morgan fingerprint density at radius 1 is 1.14 bits per heavy atom. The molecular weight excluding hydrogens is 466 g/mol. The molecule has 0 amide bonds. The number of aromatic amines is 1. The third-order valence-corrected chi connectivity index (χ3v) is 6.33. The molecule has 10 nitrogen and oxygen atoms in total. The van der Waals surface area contributed by atoms with Gasteiger partial charge in [-0.2, -0.15) is 15.1 Å². The second-order valence-electron chi connectivity index (χ2n) is 8.78. The highest BCUT2D eigenvalue weighted by Gasteiger charge is 2.20. The topological polar surface area (TPSA) is 112 Å². The quantitative estimate of drug-likeness (QED) is 0.191. The van der Waals surface area contributed by atoms with Crippen molar-refractivity contribution in [2.24, 2.45) is 5.10 Å². The minimum atomic E-state index is -0.864. The first-order valence-corrected chi connectivity index (χ1v) is 11.9. The molecule has 1 aliphatic heterocycles. The van der Waals surface area contributed by atoms with Crippen LogP contribution < -0.4 is 15.6 Å². The van der Waals surface area contributed by atoms with Gasteiger partial charge in [-0.1, -0.05) is 0 Å². The van der Waals surface area contributed by atoms with Gasteiger partial charge in [0.1, 0.15) is 18.5 Å². The van der Waals surface area contributed by atoms with Crippen molar-refractivity contribution in [2.45, 2.75) is 39.7 Å². The van der Waals surface area contributed by atoms with Crippen LogP contribution in [0, 0.1) is 13.8 Å². The van der Waals surface area contributed by atoms with Gasteiger partial charge in [-0.15, -0.1) is 0 Å². The highest BCUT2D eigenvalue weighted by atomic mass is 19.1. The number of halogens is 2. The van der Waals surface area contributed by atoms with E-state index in [2.05, 4.69) is 56.7 Å². The second-order valence-corrected chi connectivity index (χ2v) is 8.78. The Balaban J connectivity index is 1.51. The molecule has 188 valence electrons. The first kappa shape index (κ1) is 23.6. The summed E-state index contributed by atoms with van der Waals surface area (Å²) in [5.74, 6) is 1.82. The summed E-state index contributed by atoms with van der Waals surface area (Å²) in [5, 5.41) is 7.02. The Kier molecular flexibility index (Phi) is 6.74. The number of fused-ring (bicyclic) bond motifs is 2. The molecule has 3 N–H and O–H groups in total. The molecule has 1 saturated heterocycles. The maximum Gasteiger partial charge on any atom is 0.229 e. The van der Waals surface area contributed by atoms with Gasteiger partial charge in [-0.05, 0) is 56.4 Å². The summed E-state index contributed by atoms with van der Waals surface area (Å²) in [7, 11) is 0. The zero-order valence-electron chi connectivity index (χ0n) is 20.2. The smallest absolute Gasteiger partial charge is 0.229 e. The molecule has 36 heavy (non-hydrogen) atoms. The number of allylic oxidation sites excluding steroid dienone is 1. The van der Waals surface area contributed by atoms with E-state index in [1.54, 1.807) is 0 Å². The predicted molar refractivity (Wildman–Crippen MR) is 137 cm³/mol. The summed E-state index contributed by atoms with van der Waals surface area (Å²) in [6.45, 7) is 5.35. The van der Waals surface area contributed by atoms with Crippen molar-refractivity contribution < 1.29 is 8.78 Å². The van der Waals surface area contributed by atoms with Gasteiger partial charge in [-0.25, -0.2) is 18.7 Å². The van der Waals surface area contributed by atoms with Gasteiger partial charge in [0.25, 0.3) is 0 Å². The molecule has 1 aliphatic rings. The zero-order valence-corrected chi connectivity index (χ0v) is 20.2. The number of H-pyrrole nitrogens is 1. The van der Waals surface area contributed by atoms with Crippen molar-refractivity contribution >= 4 is 45.9 Å². The molecular formula is C24H28F2N10. The molecule has 4 aromatic rings. The number of imidazole rings is 2. The summed E-state index contributed by atoms with van der Waals surface area (Å²) in [6.07, 6.45) is 6.27. The van der Waals surface area contributed by atoms with Crippen LogP contribution >= 0.6 is 0 Å². The summed E-state index contributed by atoms with van der Waals surface area (Å²) in [6, 6.07) is 4.15. The van der Waals surface area contributed by atoms with E-state index >= 15 is 0 Å². The number of nitrogens with zero attached hydrogens (tertiary/aromatic N) is 7. The van der Waals surface area contributed by atoms with Gasteiger partial charge >= 0.3 is 0 Å². The number of rotatable bonds is 8. The normalized spacial score (nSPS) is 14.9. The molecule has 12 heteroatoms. The number of alkyl halides is 1. The van der Waals surface area contributed by atoms with Crippen molar-refractivity contribution in [3.8, 4) is 0 Å². The number of aryl methyl sites for hydroxylation is 2. The van der Waals surface area contributed by atoms with Crippen molar-refractivity contribution in [1.82, 2.24) is 34.9 Å². The summed E-state index contributed by atoms with van der Waals surface area (Å²) in [5.41, 5.74) is 7.35. The molecule has 4 heterocycles. The van der Waals surface area contributed by atoms with Crippen molar-refractivity contribution in [2.75, 3.05) is 30.1 Å². The predicted octanol–water partition coefficient (Wildman–Crippen LogP) is 4.19. The van der Waals surface area contributed by atoms with Gasteiger partial charge < -0.3 is 15.2 Å². The van der Waals surface area contributed by atoms with Crippen LogP contribution in [0.5, 0.6) is 0 Å². The fourth-order valence-corrected chi connectivity index (χ4v) is 4.30. The van der Waals surface area contributed by atoms with E-state index in [0.29, 0.717) is 35.8 Å². The summed E-state index contributed by atoms with van der Waals surface area (Å²) < 4.78 is 27.6. The number of hydrogen-bond acceptors (Lipinski definition) is 8. The van der Waals surface area contributed by atoms with Gasteiger partial charge in [0.2, 0.25) is 5.95 Å². The van der Waals surface area contributed by atoms with Crippen LogP contribution in [0.4, 0.5) is 20.5 Å². The Morgan fingerprint density at radius 2 is 1.94 bits per heavy atom. The number of anilines is 2. The standard InChI is InChI=1S/C24H28F2N10/c1-15-8-18-19(9-16(15)2)32-20(31-18)12-27-22-21-23(34-24(33-22)35-6-4-3-5-7-35)36(14-28-21)17(10-25)11-29-30-13-26/h8-11,14,30H,3-7,12-13H2,1-2H3,(H,31,32)(H,27,33,34)/b17-10+,29-11-. The molecule has 0 bridgehead atoms. The molecule has 1 fully saturated rings. The van der Waals surface area contributed by atoms with E-state index in [1.807, 2.05) is 0 Å². The van der Waals surface area contributed by atoms with E-state index < -0.39 is 6.80 Å². The first-order valence-electron chi connectivity index (χ1n) is 11.9. The van der Waals surface area contributed by atoms with Crippen LogP contribution in [0.15, 0.2) is 29.9 Å². The van der Waals surface area contributed by atoms with Gasteiger partial charge in [-0.3, -0.25) is 9.99 Å². The lowest BCUT2D eigenvalue weighted by Crippen LogP contribution is -2.31. The number of nitrogens with one attached hydrogen (secondary N) is 3. The molecule has 0 aliphatic carbocycles. The van der Waals surface area contributed by atoms with Crippen molar-refractivity contribution in [3.63, 3.8) is 0 Å². The second kappa shape index (κ2) is 10.3. The fourth-order valence-electron chi connectivity index (χ4n) is 4.30. The minimum Gasteiger partial charge on any atom is -0.361 e. The number of hydrogen-bond donors (Lipinski definition) is 3. The van der Waals surface area contributed by atoms with Gasteiger partial charge in [0.15, 0.2) is 23.8 Å². The van der Waals surface area contributed by atoms with Crippen LogP contribution in [0.3, 0.4) is 0 Å². The van der Waals surface area contributed by atoms with Crippen LogP contribution in [0.2, 0.25) is 0 Å². The number of hydrazone groups is 1. The van der Waals surface area contributed by atoms with Crippen LogP contribution in [-0.2, 0) is 6.54 Å². The molecule has 0 unspecified atom stereocenters. The number of aromatic nitrogens is 6. The average molecular weight is 495 g/mol. The molecule has 3 aromatic heterocycles. The molecule has 0 atom stereocenters. The Morgan fingerprint density at radius 3 is 2.72 bits per heavy atom. The van der Waals surface area contributed by atoms with Crippen LogP contribution in [0.25, 0.3) is 27.9 Å². The molecule has 1 aromatic carbocycles. The minimum absolute atomic E-state index is 0.0516. The fraction of sp³-hybridized carbons (Fsp3) is 0.375. The maximum absolute atomic E-state index is 13.8. The Bertz CT molecular complexity index is 1390. The van der Waals surface area contributed by atoms with E-state index in [0.717, 1.165) is 42.8 Å². The maximum atomic E-state index is 13.8. The third kappa shape index (κ3) is 4.70. The van der Waals surface area contributed by atoms with E-state index in [9.17, 15) is 8.78 Å². The van der Waals surface area contributed by atoms with E-state index in [1.165, 1.54) is 34.7 Å². The number of benzene rings is 1. The first-order chi connectivity index (χ1) is 17.6. The highest BCUT2D eigenvalue weighted by Crippen LogP contribution is 2.26. The molecule has 5 rings (SSSR count). The van der Waals surface area contributed by atoms with Crippen molar-refractivity contribution in [1.29, 1.82) is 0 Å². The largest absolute Gasteiger partial charge is 0.361 e. The SMILES string of the molecule is Cc1cc2nc(CNc3nc(N4CCCCC4)nc4c3ncn4C(/C=N\NCF)=C/F)[nH]c2cc1C. The third-order valence-electron chi connectivity index (χ3n) is 6.33. The van der Waals surface area contributed by atoms with E-state index in [-0.39, 0.29) is 5.70 Å². The zero-order chi connectivity index (χ0) is 25.1. The molecule has 0 radical (unpaired) electrons.